The first-order chi connectivity index (χ1) is 3.31. The number of hydrogen-bond donors (Lipinski definition) is 1. The normalized spacial score (nSPS) is 14.1. The van der Waals surface area contributed by atoms with Gasteiger partial charge in [-0.2, -0.15) is 0 Å². The smallest absolute Gasteiger partial charge is 0.110 e. The van der Waals surface area contributed by atoms with Gasteiger partial charge in [0.2, 0.25) is 0 Å². The zero-order valence-electron chi connectivity index (χ0n) is 4.03. The van der Waals surface area contributed by atoms with Crippen LogP contribution in [0.25, 0.3) is 0 Å². The molecule has 0 fully saturated rings. The summed E-state index contributed by atoms with van der Waals surface area (Å²) in [7, 11) is 0. The summed E-state index contributed by atoms with van der Waals surface area (Å²) in [6, 6.07) is 0. The molecular formula is C4H9FIN. The molecule has 3 heteroatoms. The standard InChI is InChI=1S/C4H9FIN/c5-4(3-6)1-2-7/h4H,1-3,7H2. The fourth-order valence-corrected chi connectivity index (χ4v) is 0.698. The van der Waals surface area contributed by atoms with Gasteiger partial charge in [-0.1, -0.05) is 22.6 Å². The molecule has 0 bridgehead atoms. The highest BCUT2D eigenvalue weighted by atomic mass is 127. The van der Waals surface area contributed by atoms with Gasteiger partial charge >= 0.3 is 0 Å². The van der Waals surface area contributed by atoms with E-state index in [2.05, 4.69) is 0 Å². The molecule has 0 aliphatic rings. The lowest BCUT2D eigenvalue weighted by molar-refractivity contribution is 0.355. The van der Waals surface area contributed by atoms with E-state index in [1.807, 2.05) is 22.6 Å². The van der Waals surface area contributed by atoms with Crippen LogP contribution < -0.4 is 5.73 Å². The van der Waals surface area contributed by atoms with E-state index in [-0.39, 0.29) is 0 Å². The molecule has 0 radical (unpaired) electrons. The molecule has 1 unspecified atom stereocenters. The molecule has 0 heterocycles. The Labute approximate surface area is 56.6 Å². The number of alkyl halides is 2. The molecule has 0 aromatic carbocycles. The molecule has 0 aliphatic carbocycles. The van der Waals surface area contributed by atoms with Crippen LogP contribution in [-0.2, 0) is 0 Å². The summed E-state index contributed by atoms with van der Waals surface area (Å²) in [6.45, 7) is 0.462. The van der Waals surface area contributed by atoms with Crippen molar-refractivity contribution in [1.82, 2.24) is 0 Å². The number of nitrogens with two attached hydrogens (primary N) is 1. The number of hydrogen-bond acceptors (Lipinski definition) is 1. The van der Waals surface area contributed by atoms with Crippen LogP contribution in [0.3, 0.4) is 0 Å². The molecule has 0 saturated heterocycles. The molecule has 0 spiro atoms. The van der Waals surface area contributed by atoms with Crippen molar-refractivity contribution in [2.75, 3.05) is 11.0 Å². The van der Waals surface area contributed by atoms with E-state index in [0.29, 0.717) is 17.4 Å². The predicted octanol–water partition coefficient (Wildman–Crippen LogP) is 1.11. The van der Waals surface area contributed by atoms with Gasteiger partial charge in [-0.15, -0.1) is 0 Å². The summed E-state index contributed by atoms with van der Waals surface area (Å²) in [5.74, 6) is 0. The van der Waals surface area contributed by atoms with Crippen molar-refractivity contribution in [3.05, 3.63) is 0 Å². The SMILES string of the molecule is NCCC(F)CI. The highest BCUT2D eigenvalue weighted by molar-refractivity contribution is 14.1. The molecule has 0 rings (SSSR count). The second-order valence-electron chi connectivity index (χ2n) is 1.33. The first-order valence-corrected chi connectivity index (χ1v) is 3.74. The Balaban J connectivity index is 2.83. The van der Waals surface area contributed by atoms with Crippen LogP contribution in [0.1, 0.15) is 6.42 Å². The third-order valence-corrected chi connectivity index (χ3v) is 1.60. The van der Waals surface area contributed by atoms with Gasteiger partial charge in [0.15, 0.2) is 0 Å². The lowest BCUT2D eigenvalue weighted by atomic mass is 10.3. The van der Waals surface area contributed by atoms with Gasteiger partial charge in [-0.05, 0) is 13.0 Å². The summed E-state index contributed by atoms with van der Waals surface area (Å²) < 4.78 is 12.6. The topological polar surface area (TPSA) is 26.0 Å². The van der Waals surface area contributed by atoms with E-state index in [1.165, 1.54) is 0 Å². The van der Waals surface area contributed by atoms with Crippen LogP contribution in [0.4, 0.5) is 4.39 Å². The number of halogens is 2. The summed E-state index contributed by atoms with van der Waals surface area (Å²) >= 11 is 2.01. The minimum atomic E-state index is -0.689. The summed E-state index contributed by atoms with van der Waals surface area (Å²) in [4.78, 5) is 0. The van der Waals surface area contributed by atoms with Crippen molar-refractivity contribution >= 4 is 22.6 Å². The second-order valence-corrected chi connectivity index (χ2v) is 2.21. The van der Waals surface area contributed by atoms with E-state index in [9.17, 15) is 4.39 Å². The summed E-state index contributed by atoms with van der Waals surface area (Å²) in [5.41, 5.74) is 5.06. The highest BCUT2D eigenvalue weighted by Gasteiger charge is 1.99. The van der Waals surface area contributed by atoms with Crippen molar-refractivity contribution in [3.63, 3.8) is 0 Å². The Hall–Kier alpha value is 0.620. The van der Waals surface area contributed by atoms with Crippen molar-refractivity contribution < 1.29 is 4.39 Å². The van der Waals surface area contributed by atoms with Gasteiger partial charge in [-0.3, -0.25) is 0 Å². The van der Waals surface area contributed by atoms with Gasteiger partial charge in [0.1, 0.15) is 6.17 Å². The summed E-state index contributed by atoms with van der Waals surface area (Å²) in [6.07, 6.45) is -0.186. The van der Waals surface area contributed by atoms with Gasteiger partial charge in [0.25, 0.3) is 0 Å². The largest absolute Gasteiger partial charge is 0.330 e. The maximum atomic E-state index is 12.0. The molecule has 0 saturated carbocycles. The molecule has 0 amide bonds. The van der Waals surface area contributed by atoms with Gasteiger partial charge < -0.3 is 5.73 Å². The molecule has 0 aromatic heterocycles. The zero-order chi connectivity index (χ0) is 5.70. The molecular weight excluding hydrogens is 208 g/mol. The van der Waals surface area contributed by atoms with Crippen LogP contribution in [0.15, 0.2) is 0 Å². The lowest BCUT2D eigenvalue weighted by Crippen LogP contribution is -2.09. The fourth-order valence-electron chi connectivity index (χ4n) is 0.258. The minimum Gasteiger partial charge on any atom is -0.330 e. The second kappa shape index (κ2) is 4.77. The Morgan fingerprint density at radius 2 is 2.29 bits per heavy atom. The fraction of sp³-hybridized carbons (Fsp3) is 1.00. The average Bonchev–Trinajstić information content (AvgIpc) is 1.68. The van der Waals surface area contributed by atoms with E-state index < -0.39 is 6.17 Å². The Morgan fingerprint density at radius 1 is 1.71 bits per heavy atom. The Morgan fingerprint density at radius 3 is 2.43 bits per heavy atom. The monoisotopic (exact) mass is 217 g/mol. The third kappa shape index (κ3) is 4.47. The van der Waals surface area contributed by atoms with Crippen LogP contribution in [0.5, 0.6) is 0 Å². The van der Waals surface area contributed by atoms with Gasteiger partial charge in [0.05, 0.1) is 0 Å². The zero-order valence-corrected chi connectivity index (χ0v) is 6.19. The van der Waals surface area contributed by atoms with Crippen LogP contribution >= 0.6 is 22.6 Å². The van der Waals surface area contributed by atoms with E-state index in [0.717, 1.165) is 0 Å². The van der Waals surface area contributed by atoms with Crippen LogP contribution in [-0.4, -0.2) is 17.1 Å². The minimum absolute atomic E-state index is 0.462. The Kier molecular flexibility index (Phi) is 5.19. The molecule has 0 aliphatic heterocycles. The summed E-state index contributed by atoms with van der Waals surface area (Å²) in [5, 5.41) is 0. The quantitative estimate of drug-likeness (QED) is 0.556. The number of rotatable bonds is 3. The predicted molar refractivity (Wildman–Crippen MR) is 37.5 cm³/mol. The van der Waals surface area contributed by atoms with E-state index in [4.69, 9.17) is 5.73 Å². The third-order valence-electron chi connectivity index (χ3n) is 0.647. The molecule has 7 heavy (non-hydrogen) atoms. The maximum absolute atomic E-state index is 12.0. The van der Waals surface area contributed by atoms with Crippen molar-refractivity contribution in [3.8, 4) is 0 Å². The molecule has 0 aromatic rings. The maximum Gasteiger partial charge on any atom is 0.110 e. The Bertz CT molecular complexity index is 42.7. The van der Waals surface area contributed by atoms with E-state index >= 15 is 0 Å². The van der Waals surface area contributed by atoms with E-state index in [1.54, 1.807) is 0 Å². The average molecular weight is 217 g/mol. The highest BCUT2D eigenvalue weighted by Crippen LogP contribution is 1.99. The van der Waals surface area contributed by atoms with Crippen molar-refractivity contribution in [1.29, 1.82) is 0 Å². The molecule has 1 atom stereocenters. The first-order valence-electron chi connectivity index (χ1n) is 2.21. The molecule has 1 nitrogen and oxygen atoms in total. The van der Waals surface area contributed by atoms with Gasteiger partial charge in [-0.25, -0.2) is 4.39 Å². The van der Waals surface area contributed by atoms with Crippen molar-refractivity contribution in [2.45, 2.75) is 12.6 Å². The first kappa shape index (κ1) is 7.62. The molecule has 2 N–H and O–H groups in total. The molecule has 44 valence electrons. The van der Waals surface area contributed by atoms with Crippen molar-refractivity contribution in [2.24, 2.45) is 5.73 Å². The van der Waals surface area contributed by atoms with Gasteiger partial charge in [0, 0.05) is 4.43 Å². The lowest BCUT2D eigenvalue weighted by Gasteiger charge is -1.97. The van der Waals surface area contributed by atoms with Crippen LogP contribution in [0.2, 0.25) is 0 Å². The van der Waals surface area contributed by atoms with Crippen LogP contribution in [0, 0.1) is 0 Å².